The largest absolute Gasteiger partial charge is 0.508 e. The van der Waals surface area contributed by atoms with Gasteiger partial charge in [0.1, 0.15) is 17.6 Å². The molecule has 0 fully saturated rings. The van der Waals surface area contributed by atoms with E-state index in [9.17, 15) is 14.7 Å². The van der Waals surface area contributed by atoms with Crippen molar-refractivity contribution in [3.8, 4) is 5.75 Å². The molecule has 0 amide bonds. The van der Waals surface area contributed by atoms with E-state index in [1.165, 1.54) is 36.6 Å². The summed E-state index contributed by atoms with van der Waals surface area (Å²) in [6.07, 6.45) is 5.57. The number of hydrogen-bond donors (Lipinski definition) is 1. The third-order valence-corrected chi connectivity index (χ3v) is 2.93. The molecule has 2 aromatic rings. The van der Waals surface area contributed by atoms with Crippen LogP contribution in [0.1, 0.15) is 25.3 Å². The Morgan fingerprint density at radius 3 is 3.00 bits per heavy atom. The van der Waals surface area contributed by atoms with Gasteiger partial charge in [0.15, 0.2) is 5.43 Å². The van der Waals surface area contributed by atoms with Crippen LogP contribution < -0.4 is 5.43 Å². The highest BCUT2D eigenvalue weighted by Crippen LogP contribution is 2.18. The van der Waals surface area contributed by atoms with E-state index in [2.05, 4.69) is 0 Å². The van der Waals surface area contributed by atoms with Crippen LogP contribution in [0, 0.1) is 0 Å². The molecule has 5 heteroatoms. The maximum atomic E-state index is 12.2. The Morgan fingerprint density at radius 2 is 2.24 bits per heavy atom. The van der Waals surface area contributed by atoms with Crippen LogP contribution in [0.3, 0.4) is 0 Å². The number of unbranched alkanes of at least 4 members (excludes halogenated alkanes) is 1. The number of ether oxygens (including phenoxy) is 1. The zero-order chi connectivity index (χ0) is 15.2. The zero-order valence-electron chi connectivity index (χ0n) is 11.7. The first kappa shape index (κ1) is 14.8. The number of esters is 1. The number of benzene rings is 1. The van der Waals surface area contributed by atoms with Gasteiger partial charge in [-0.1, -0.05) is 13.3 Å². The summed E-state index contributed by atoms with van der Waals surface area (Å²) in [6.45, 7) is 2.37. The maximum absolute atomic E-state index is 12.2. The Morgan fingerprint density at radius 1 is 1.43 bits per heavy atom. The second kappa shape index (κ2) is 6.74. The fourth-order valence-corrected chi connectivity index (χ4v) is 1.77. The second-order valence-electron chi connectivity index (χ2n) is 4.56. The highest BCUT2D eigenvalue weighted by atomic mass is 16.5. The van der Waals surface area contributed by atoms with Crippen molar-refractivity contribution >= 4 is 23.0 Å². The normalized spacial score (nSPS) is 11.1. The van der Waals surface area contributed by atoms with Gasteiger partial charge < -0.3 is 14.3 Å². The van der Waals surface area contributed by atoms with Crippen LogP contribution >= 0.6 is 0 Å². The summed E-state index contributed by atoms with van der Waals surface area (Å²) in [5, 5.41) is 9.67. The lowest BCUT2D eigenvalue weighted by Crippen LogP contribution is -2.06. The maximum Gasteiger partial charge on any atom is 0.330 e. The first-order chi connectivity index (χ1) is 10.1. The van der Waals surface area contributed by atoms with E-state index in [0.29, 0.717) is 17.6 Å². The van der Waals surface area contributed by atoms with Crippen LogP contribution in [0.4, 0.5) is 0 Å². The molecule has 0 saturated heterocycles. The molecule has 0 atom stereocenters. The van der Waals surface area contributed by atoms with Gasteiger partial charge in [0.2, 0.25) is 0 Å². The van der Waals surface area contributed by atoms with Crippen molar-refractivity contribution in [3.05, 3.63) is 46.3 Å². The van der Waals surface area contributed by atoms with Gasteiger partial charge in [-0.15, -0.1) is 0 Å². The minimum Gasteiger partial charge on any atom is -0.508 e. The van der Waals surface area contributed by atoms with Crippen molar-refractivity contribution in [2.75, 3.05) is 6.61 Å². The van der Waals surface area contributed by atoms with Crippen LogP contribution in [-0.2, 0) is 9.53 Å². The zero-order valence-corrected chi connectivity index (χ0v) is 11.7. The van der Waals surface area contributed by atoms with Crippen molar-refractivity contribution in [1.29, 1.82) is 0 Å². The molecule has 1 aromatic carbocycles. The van der Waals surface area contributed by atoms with Gasteiger partial charge in [-0.25, -0.2) is 4.79 Å². The van der Waals surface area contributed by atoms with E-state index >= 15 is 0 Å². The topological polar surface area (TPSA) is 76.7 Å². The predicted octanol–water partition coefficient (Wildman–Crippen LogP) is 2.86. The number of phenols is 1. The van der Waals surface area contributed by atoms with E-state index in [-0.39, 0.29) is 16.7 Å². The fraction of sp³-hybridized carbons (Fsp3) is 0.250. The average molecular weight is 288 g/mol. The number of hydrogen-bond acceptors (Lipinski definition) is 5. The van der Waals surface area contributed by atoms with Gasteiger partial charge in [-0.05, 0) is 24.6 Å². The fourth-order valence-electron chi connectivity index (χ4n) is 1.77. The quantitative estimate of drug-likeness (QED) is 0.520. The summed E-state index contributed by atoms with van der Waals surface area (Å²) >= 11 is 0. The molecule has 1 heterocycles. The molecule has 1 aromatic heterocycles. The molecule has 0 aliphatic rings. The van der Waals surface area contributed by atoms with Crippen molar-refractivity contribution in [3.63, 3.8) is 0 Å². The molecule has 110 valence electrons. The van der Waals surface area contributed by atoms with Crippen LogP contribution in [0.2, 0.25) is 0 Å². The molecule has 0 bridgehead atoms. The molecule has 0 aliphatic carbocycles. The highest BCUT2D eigenvalue weighted by Gasteiger charge is 2.06. The Bertz CT molecular complexity index is 727. The number of aromatic hydroxyl groups is 1. The van der Waals surface area contributed by atoms with E-state index in [1.54, 1.807) is 0 Å². The molecule has 0 unspecified atom stereocenters. The van der Waals surface area contributed by atoms with Crippen LogP contribution in [0.25, 0.3) is 17.0 Å². The predicted molar refractivity (Wildman–Crippen MR) is 79.0 cm³/mol. The van der Waals surface area contributed by atoms with E-state index in [0.717, 1.165) is 12.8 Å². The molecule has 2 rings (SSSR count). The number of rotatable bonds is 5. The van der Waals surface area contributed by atoms with E-state index in [1.807, 2.05) is 6.92 Å². The van der Waals surface area contributed by atoms with Crippen molar-refractivity contribution in [2.45, 2.75) is 19.8 Å². The number of carbonyl (C=O) groups excluding carboxylic acids is 1. The summed E-state index contributed by atoms with van der Waals surface area (Å²) in [7, 11) is 0. The molecule has 0 aliphatic heterocycles. The lowest BCUT2D eigenvalue weighted by Gasteiger charge is -2.00. The van der Waals surface area contributed by atoms with Gasteiger partial charge in [-0.2, -0.15) is 0 Å². The van der Waals surface area contributed by atoms with Gasteiger partial charge in [-0.3, -0.25) is 4.79 Å². The first-order valence-electron chi connectivity index (χ1n) is 6.71. The lowest BCUT2D eigenvalue weighted by molar-refractivity contribution is -0.137. The molecular formula is C16H16O5. The van der Waals surface area contributed by atoms with E-state index in [4.69, 9.17) is 9.15 Å². The van der Waals surface area contributed by atoms with Crippen LogP contribution in [0.5, 0.6) is 5.75 Å². The lowest BCUT2D eigenvalue weighted by atomic mass is 10.1. The molecule has 0 saturated carbocycles. The minimum atomic E-state index is -0.492. The summed E-state index contributed by atoms with van der Waals surface area (Å²) < 4.78 is 10.2. The Kier molecular flexibility index (Phi) is 4.77. The smallest absolute Gasteiger partial charge is 0.330 e. The summed E-state index contributed by atoms with van der Waals surface area (Å²) in [5.41, 5.74) is 0.275. The molecule has 5 nitrogen and oxygen atoms in total. The third-order valence-electron chi connectivity index (χ3n) is 2.93. The van der Waals surface area contributed by atoms with Crippen LogP contribution in [-0.4, -0.2) is 17.7 Å². The summed E-state index contributed by atoms with van der Waals surface area (Å²) in [5.74, 6) is -0.470. The molecular weight excluding hydrogens is 272 g/mol. The average Bonchev–Trinajstić information content (AvgIpc) is 2.46. The molecule has 0 spiro atoms. The standard InChI is InChI=1S/C16H16O5/c1-2-3-8-20-15(18)7-4-11-10-21-14-9-12(17)5-6-13(14)16(11)19/h4-7,9-10,17H,2-3,8H2,1H3/b7-4+. The molecule has 21 heavy (non-hydrogen) atoms. The van der Waals surface area contributed by atoms with Crippen molar-refractivity contribution < 1.29 is 19.1 Å². The van der Waals surface area contributed by atoms with Gasteiger partial charge in [0, 0.05) is 12.1 Å². The van der Waals surface area contributed by atoms with Gasteiger partial charge in [0.25, 0.3) is 0 Å². The summed E-state index contributed by atoms with van der Waals surface area (Å²) in [4.78, 5) is 23.6. The second-order valence-corrected chi connectivity index (χ2v) is 4.56. The number of phenolic OH excluding ortho intramolecular Hbond substituents is 1. The molecule has 0 radical (unpaired) electrons. The number of carbonyl (C=O) groups is 1. The minimum absolute atomic E-state index is 0.0217. The third kappa shape index (κ3) is 3.72. The van der Waals surface area contributed by atoms with E-state index < -0.39 is 5.97 Å². The Hall–Kier alpha value is -2.56. The summed E-state index contributed by atoms with van der Waals surface area (Å²) in [6, 6.07) is 4.25. The Balaban J connectivity index is 2.19. The molecule has 1 N–H and O–H groups in total. The van der Waals surface area contributed by atoms with Gasteiger partial charge in [0.05, 0.1) is 17.6 Å². The van der Waals surface area contributed by atoms with Crippen molar-refractivity contribution in [2.24, 2.45) is 0 Å². The first-order valence-corrected chi connectivity index (χ1v) is 6.71. The number of fused-ring (bicyclic) bond motifs is 1. The van der Waals surface area contributed by atoms with Crippen LogP contribution in [0.15, 0.2) is 39.7 Å². The Labute approximate surface area is 121 Å². The highest BCUT2D eigenvalue weighted by molar-refractivity contribution is 5.88. The van der Waals surface area contributed by atoms with Gasteiger partial charge >= 0.3 is 5.97 Å². The SMILES string of the molecule is CCCCOC(=O)/C=C/c1coc2cc(O)ccc2c1=O. The van der Waals surface area contributed by atoms with Crippen molar-refractivity contribution in [1.82, 2.24) is 0 Å². The monoisotopic (exact) mass is 288 g/mol.